The lowest BCUT2D eigenvalue weighted by molar-refractivity contribution is -0.142. The minimum Gasteiger partial charge on any atom is -0.480 e. The molecule has 0 amide bonds. The Morgan fingerprint density at radius 3 is 2.80 bits per heavy atom. The number of carboxylic acids is 1. The van der Waals surface area contributed by atoms with Crippen LogP contribution in [0, 0.1) is 0 Å². The molecule has 0 aliphatic rings. The molecule has 15 heavy (non-hydrogen) atoms. The Balaban J connectivity index is 2.43. The topological polar surface area (TPSA) is 46.5 Å². The molecule has 0 heterocycles. The van der Waals surface area contributed by atoms with Gasteiger partial charge in [0.2, 0.25) is 0 Å². The van der Waals surface area contributed by atoms with Crippen molar-refractivity contribution in [3.8, 4) is 0 Å². The van der Waals surface area contributed by atoms with Crippen molar-refractivity contribution in [1.29, 1.82) is 0 Å². The Hall–Kier alpha value is -0.770. The van der Waals surface area contributed by atoms with E-state index < -0.39 is 5.97 Å². The van der Waals surface area contributed by atoms with E-state index in [0.717, 1.165) is 5.56 Å². The summed E-state index contributed by atoms with van der Waals surface area (Å²) in [4.78, 5) is 10.2. The highest BCUT2D eigenvalue weighted by Gasteiger charge is 2.02. The zero-order valence-electron chi connectivity index (χ0n) is 7.87. The lowest BCUT2D eigenvalue weighted by atomic mass is 10.2. The molecule has 0 fully saturated rings. The number of carbonyl (C=O) groups is 1. The third-order valence-corrected chi connectivity index (χ3v) is 2.35. The van der Waals surface area contributed by atoms with Crippen LogP contribution < -0.4 is 0 Å². The lowest BCUT2D eigenvalue weighted by Gasteiger charge is -2.04. The molecule has 0 unspecified atom stereocenters. The van der Waals surface area contributed by atoms with E-state index in [2.05, 4.69) is 0 Å². The van der Waals surface area contributed by atoms with Gasteiger partial charge in [-0.3, -0.25) is 0 Å². The Kier molecular flexibility index (Phi) is 4.88. The van der Waals surface area contributed by atoms with Gasteiger partial charge in [-0.25, -0.2) is 4.79 Å². The summed E-state index contributed by atoms with van der Waals surface area (Å²) in [5.41, 5.74) is 0.856. The van der Waals surface area contributed by atoms with Gasteiger partial charge in [-0.05, 0) is 30.2 Å². The molecule has 0 spiro atoms. The molecule has 0 saturated heterocycles. The number of rotatable bonds is 5. The molecular formula is C10H10Cl2O3. The molecule has 0 atom stereocenters. The van der Waals surface area contributed by atoms with E-state index in [1.54, 1.807) is 18.2 Å². The summed E-state index contributed by atoms with van der Waals surface area (Å²) in [5, 5.41) is 9.55. The van der Waals surface area contributed by atoms with Crippen LogP contribution in [0.25, 0.3) is 0 Å². The molecule has 0 bridgehead atoms. The average molecular weight is 249 g/mol. The van der Waals surface area contributed by atoms with E-state index in [-0.39, 0.29) is 6.61 Å². The molecule has 0 saturated carbocycles. The van der Waals surface area contributed by atoms with Crippen molar-refractivity contribution in [2.45, 2.75) is 6.42 Å². The van der Waals surface area contributed by atoms with Crippen molar-refractivity contribution in [2.75, 3.05) is 13.2 Å². The van der Waals surface area contributed by atoms with Crippen molar-refractivity contribution in [1.82, 2.24) is 0 Å². The van der Waals surface area contributed by atoms with Gasteiger partial charge in [0.05, 0.1) is 6.61 Å². The highest BCUT2D eigenvalue weighted by molar-refractivity contribution is 6.33. The summed E-state index contributed by atoms with van der Waals surface area (Å²) in [6.45, 7) is 0.0184. The molecule has 0 aliphatic heterocycles. The summed E-state index contributed by atoms with van der Waals surface area (Å²) in [5.74, 6) is -0.979. The van der Waals surface area contributed by atoms with Crippen LogP contribution >= 0.6 is 23.2 Å². The van der Waals surface area contributed by atoms with Gasteiger partial charge in [0.1, 0.15) is 6.61 Å². The largest absolute Gasteiger partial charge is 0.480 e. The first-order valence-electron chi connectivity index (χ1n) is 4.33. The minimum atomic E-state index is -0.979. The van der Waals surface area contributed by atoms with Crippen molar-refractivity contribution in [2.24, 2.45) is 0 Å². The molecule has 82 valence electrons. The van der Waals surface area contributed by atoms with Crippen LogP contribution in [0.3, 0.4) is 0 Å². The predicted octanol–water partition coefficient (Wildman–Crippen LogP) is 2.64. The number of benzene rings is 1. The second-order valence-electron chi connectivity index (χ2n) is 2.93. The van der Waals surface area contributed by atoms with Crippen LogP contribution in [-0.2, 0) is 16.0 Å². The zero-order valence-corrected chi connectivity index (χ0v) is 9.38. The van der Waals surface area contributed by atoms with Crippen molar-refractivity contribution in [3.63, 3.8) is 0 Å². The van der Waals surface area contributed by atoms with E-state index in [9.17, 15) is 4.79 Å². The minimum absolute atomic E-state index is 0.293. The van der Waals surface area contributed by atoms with Gasteiger partial charge in [0, 0.05) is 10.0 Å². The van der Waals surface area contributed by atoms with Gasteiger partial charge in [-0.2, -0.15) is 0 Å². The predicted molar refractivity (Wildman–Crippen MR) is 58.6 cm³/mol. The van der Waals surface area contributed by atoms with Gasteiger partial charge in [-0.1, -0.05) is 23.2 Å². The van der Waals surface area contributed by atoms with Crippen LogP contribution in [0.15, 0.2) is 18.2 Å². The van der Waals surface area contributed by atoms with Gasteiger partial charge in [-0.15, -0.1) is 0 Å². The number of halogens is 2. The maximum absolute atomic E-state index is 10.2. The summed E-state index contributed by atoms with van der Waals surface area (Å²) in [6.07, 6.45) is 0.548. The maximum atomic E-state index is 10.2. The second-order valence-corrected chi connectivity index (χ2v) is 3.78. The van der Waals surface area contributed by atoms with Gasteiger partial charge < -0.3 is 9.84 Å². The molecule has 5 heteroatoms. The first-order chi connectivity index (χ1) is 7.09. The van der Waals surface area contributed by atoms with Gasteiger partial charge >= 0.3 is 5.97 Å². The van der Waals surface area contributed by atoms with Gasteiger partial charge in [0.25, 0.3) is 0 Å². The van der Waals surface area contributed by atoms with Crippen LogP contribution in [0.4, 0.5) is 0 Å². The number of hydrogen-bond acceptors (Lipinski definition) is 2. The van der Waals surface area contributed by atoms with Crippen LogP contribution in [0.1, 0.15) is 5.56 Å². The summed E-state index contributed by atoms with van der Waals surface area (Å²) in [6, 6.07) is 5.15. The molecule has 1 aromatic carbocycles. The fourth-order valence-corrected chi connectivity index (χ4v) is 1.48. The third-order valence-electron chi connectivity index (χ3n) is 1.75. The molecule has 1 rings (SSSR count). The highest BCUT2D eigenvalue weighted by Crippen LogP contribution is 2.20. The SMILES string of the molecule is O=C(O)COCCc1cc(Cl)ccc1Cl. The Bertz CT molecular complexity index is 353. The van der Waals surface area contributed by atoms with Crippen molar-refractivity contribution >= 4 is 29.2 Å². The second kappa shape index (κ2) is 5.95. The molecular weight excluding hydrogens is 239 g/mol. The fraction of sp³-hybridized carbons (Fsp3) is 0.300. The maximum Gasteiger partial charge on any atom is 0.329 e. The Labute approximate surface area is 97.6 Å². The van der Waals surface area contributed by atoms with E-state index in [4.69, 9.17) is 33.0 Å². The molecule has 0 aliphatic carbocycles. The highest BCUT2D eigenvalue weighted by atomic mass is 35.5. The first-order valence-corrected chi connectivity index (χ1v) is 5.08. The number of aliphatic carboxylic acids is 1. The van der Waals surface area contributed by atoms with E-state index in [1.165, 1.54) is 0 Å². The normalized spacial score (nSPS) is 10.3. The third kappa shape index (κ3) is 4.51. The van der Waals surface area contributed by atoms with Crippen LogP contribution in [-0.4, -0.2) is 24.3 Å². The fourth-order valence-electron chi connectivity index (χ4n) is 1.08. The Morgan fingerprint density at radius 1 is 1.40 bits per heavy atom. The molecule has 3 nitrogen and oxygen atoms in total. The van der Waals surface area contributed by atoms with Crippen molar-refractivity contribution < 1.29 is 14.6 Å². The van der Waals surface area contributed by atoms with Crippen LogP contribution in [0.5, 0.6) is 0 Å². The number of hydrogen-bond donors (Lipinski definition) is 1. The number of carboxylic acid groups (broad SMARTS) is 1. The average Bonchev–Trinajstić information content (AvgIpc) is 2.17. The number of ether oxygens (including phenoxy) is 1. The Morgan fingerprint density at radius 2 is 2.13 bits per heavy atom. The lowest BCUT2D eigenvalue weighted by Crippen LogP contribution is -2.09. The van der Waals surface area contributed by atoms with E-state index >= 15 is 0 Å². The van der Waals surface area contributed by atoms with Gasteiger partial charge in [0.15, 0.2) is 0 Å². The smallest absolute Gasteiger partial charge is 0.329 e. The zero-order chi connectivity index (χ0) is 11.3. The summed E-state index contributed by atoms with van der Waals surface area (Å²) >= 11 is 11.7. The monoisotopic (exact) mass is 248 g/mol. The molecule has 1 aromatic rings. The summed E-state index contributed by atoms with van der Waals surface area (Å²) in [7, 11) is 0. The first kappa shape index (κ1) is 12.3. The standard InChI is InChI=1S/C10H10Cl2O3/c11-8-1-2-9(12)7(5-8)3-4-15-6-10(13)14/h1-2,5H,3-4,6H2,(H,13,14). The van der Waals surface area contributed by atoms with Crippen LogP contribution in [0.2, 0.25) is 10.0 Å². The van der Waals surface area contributed by atoms with E-state index in [0.29, 0.717) is 23.1 Å². The molecule has 0 radical (unpaired) electrons. The molecule has 1 N–H and O–H groups in total. The quantitative estimate of drug-likeness (QED) is 0.816. The van der Waals surface area contributed by atoms with Crippen molar-refractivity contribution in [3.05, 3.63) is 33.8 Å². The molecule has 0 aromatic heterocycles. The summed E-state index contributed by atoms with van der Waals surface area (Å²) < 4.78 is 4.89. The van der Waals surface area contributed by atoms with E-state index in [1.807, 2.05) is 0 Å².